The Bertz CT molecular complexity index is 922. The molecule has 2 amide bonds. The van der Waals surface area contributed by atoms with Crippen LogP contribution in [0.5, 0.6) is 5.75 Å². The highest BCUT2D eigenvalue weighted by Crippen LogP contribution is 2.24. The standard InChI is InChI=1S/C21H26FN5O3/c1-3-24-20-14(11-23)10-19-25-16(20)5-4-8-30-12-17(26-21(28)27-19)13-6-7-18(29-2)15(22)9-13/h6-7,9-11,17,23-24H,3-5,8,12H2,1-2H3,(H2,25,26,27,28)/p+1/t17-/m1/s1. The van der Waals surface area contributed by atoms with Crippen molar-refractivity contribution >= 4 is 23.8 Å². The fourth-order valence-corrected chi connectivity index (χ4v) is 3.42. The lowest BCUT2D eigenvalue weighted by molar-refractivity contribution is -0.568. The molecule has 3 rings (SSSR count). The van der Waals surface area contributed by atoms with Crippen LogP contribution in [0.2, 0.25) is 0 Å². The number of carbonyl (C=O) groups is 1. The van der Waals surface area contributed by atoms with Gasteiger partial charge in [0.15, 0.2) is 17.3 Å². The Morgan fingerprint density at radius 1 is 1.43 bits per heavy atom. The zero-order chi connectivity index (χ0) is 21.5. The van der Waals surface area contributed by atoms with E-state index in [0.717, 1.165) is 24.3 Å². The van der Waals surface area contributed by atoms with Gasteiger partial charge < -0.3 is 25.5 Å². The SMILES string of the molecule is CC[NH2+]c1c(C=N)cc2nc1CCCOC[C@H](c1ccc(OC)c(F)c1)NC(=O)N2. The summed E-state index contributed by atoms with van der Waals surface area (Å²) in [5.74, 6) is 0.000535. The smallest absolute Gasteiger partial charge is 0.320 e. The molecular formula is C21H27FN5O3+. The highest BCUT2D eigenvalue weighted by atomic mass is 19.1. The van der Waals surface area contributed by atoms with E-state index in [9.17, 15) is 9.18 Å². The third-order valence-electron chi connectivity index (χ3n) is 4.85. The maximum absolute atomic E-state index is 14.1. The molecule has 0 spiro atoms. The number of quaternary nitrogens is 1. The van der Waals surface area contributed by atoms with Crippen molar-refractivity contribution in [2.45, 2.75) is 25.8 Å². The molecule has 0 saturated heterocycles. The monoisotopic (exact) mass is 416 g/mol. The van der Waals surface area contributed by atoms with Crippen LogP contribution in [0.15, 0.2) is 24.3 Å². The minimum absolute atomic E-state index is 0.136. The Hall–Kier alpha value is -3.04. The number of methoxy groups -OCH3 is 1. The Labute approximate surface area is 174 Å². The molecular weight excluding hydrogens is 389 g/mol. The van der Waals surface area contributed by atoms with E-state index in [2.05, 4.69) is 15.6 Å². The van der Waals surface area contributed by atoms with Gasteiger partial charge in [-0.05, 0) is 43.5 Å². The molecule has 0 aliphatic carbocycles. The van der Waals surface area contributed by atoms with Gasteiger partial charge in [-0.3, -0.25) is 5.32 Å². The summed E-state index contributed by atoms with van der Waals surface area (Å²) in [6.45, 7) is 3.52. The number of nitrogens with two attached hydrogens (primary N) is 1. The van der Waals surface area contributed by atoms with Crippen molar-refractivity contribution in [3.05, 3.63) is 46.9 Å². The van der Waals surface area contributed by atoms with Crippen molar-refractivity contribution in [2.24, 2.45) is 0 Å². The third-order valence-corrected chi connectivity index (χ3v) is 4.85. The number of ether oxygens (including phenoxy) is 2. The molecule has 0 saturated carbocycles. The van der Waals surface area contributed by atoms with Crippen molar-refractivity contribution < 1.29 is 24.0 Å². The van der Waals surface area contributed by atoms with Crippen molar-refractivity contribution in [1.29, 1.82) is 5.41 Å². The second-order valence-electron chi connectivity index (χ2n) is 6.94. The minimum Gasteiger partial charge on any atom is -0.494 e. The van der Waals surface area contributed by atoms with E-state index >= 15 is 0 Å². The normalized spacial score (nSPS) is 17.2. The number of aryl methyl sites for hydroxylation is 1. The number of urea groups is 1. The maximum atomic E-state index is 14.1. The highest BCUT2D eigenvalue weighted by molar-refractivity contribution is 5.91. The number of benzene rings is 1. The molecule has 8 nitrogen and oxygen atoms in total. The van der Waals surface area contributed by atoms with Crippen molar-refractivity contribution in [3.8, 4) is 5.75 Å². The first-order valence-corrected chi connectivity index (χ1v) is 9.92. The molecule has 1 aromatic heterocycles. The summed E-state index contributed by atoms with van der Waals surface area (Å²) in [7, 11) is 1.40. The number of amides is 2. The molecule has 1 aliphatic rings. The van der Waals surface area contributed by atoms with Crippen LogP contribution in [-0.4, -0.2) is 44.1 Å². The summed E-state index contributed by atoms with van der Waals surface area (Å²) in [6, 6.07) is 5.20. The van der Waals surface area contributed by atoms with Crippen LogP contribution in [-0.2, 0) is 11.2 Å². The van der Waals surface area contributed by atoms with Crippen LogP contribution in [0.25, 0.3) is 0 Å². The molecule has 2 bridgehead atoms. The quantitative estimate of drug-likeness (QED) is 0.560. The second kappa shape index (κ2) is 10.1. The van der Waals surface area contributed by atoms with Gasteiger partial charge in [0.2, 0.25) is 0 Å². The predicted octanol–water partition coefficient (Wildman–Crippen LogP) is 2.27. The molecule has 160 valence electrons. The van der Waals surface area contributed by atoms with E-state index in [1.54, 1.807) is 12.1 Å². The Morgan fingerprint density at radius 2 is 2.27 bits per heavy atom. The maximum Gasteiger partial charge on any atom is 0.320 e. The number of anilines is 1. The molecule has 0 radical (unpaired) electrons. The van der Waals surface area contributed by atoms with E-state index in [1.807, 2.05) is 12.2 Å². The van der Waals surface area contributed by atoms with Crippen LogP contribution in [0.1, 0.15) is 36.2 Å². The molecule has 2 aromatic rings. The Morgan fingerprint density at radius 3 is 2.97 bits per heavy atom. The summed E-state index contributed by atoms with van der Waals surface area (Å²) < 4.78 is 24.9. The number of nitrogens with one attached hydrogen (secondary N) is 3. The molecule has 1 aromatic carbocycles. The number of aromatic nitrogens is 1. The average Bonchev–Trinajstić information content (AvgIpc) is 2.73. The van der Waals surface area contributed by atoms with E-state index in [4.69, 9.17) is 14.9 Å². The van der Waals surface area contributed by atoms with E-state index in [0.29, 0.717) is 30.0 Å². The molecule has 30 heavy (non-hydrogen) atoms. The third kappa shape index (κ3) is 5.11. The van der Waals surface area contributed by atoms with Gasteiger partial charge in [-0.15, -0.1) is 0 Å². The van der Waals surface area contributed by atoms with Crippen LogP contribution < -0.4 is 20.7 Å². The van der Waals surface area contributed by atoms with E-state index in [-0.39, 0.29) is 12.4 Å². The van der Waals surface area contributed by atoms with Gasteiger partial charge in [-0.1, -0.05) is 6.07 Å². The fourth-order valence-electron chi connectivity index (χ4n) is 3.42. The highest BCUT2D eigenvalue weighted by Gasteiger charge is 2.20. The average molecular weight is 416 g/mol. The molecule has 5 N–H and O–H groups in total. The molecule has 0 fully saturated rings. The Kier molecular flexibility index (Phi) is 7.31. The largest absolute Gasteiger partial charge is 0.494 e. The number of hydrogen-bond acceptors (Lipinski definition) is 5. The van der Waals surface area contributed by atoms with Gasteiger partial charge in [0, 0.05) is 12.8 Å². The van der Waals surface area contributed by atoms with Gasteiger partial charge >= 0.3 is 6.03 Å². The number of carbonyl (C=O) groups excluding carboxylic acids is 1. The topological polar surface area (TPSA) is 113 Å². The number of pyridine rings is 1. The van der Waals surface area contributed by atoms with Crippen LogP contribution in [0, 0.1) is 11.2 Å². The summed E-state index contributed by atoms with van der Waals surface area (Å²) in [4.78, 5) is 17.2. The van der Waals surface area contributed by atoms with Crippen LogP contribution >= 0.6 is 0 Å². The van der Waals surface area contributed by atoms with Gasteiger partial charge in [0.05, 0.1) is 31.9 Å². The predicted molar refractivity (Wildman–Crippen MR) is 111 cm³/mol. The summed E-state index contributed by atoms with van der Waals surface area (Å²) in [5, 5.41) is 15.3. The van der Waals surface area contributed by atoms with Crippen LogP contribution in [0.4, 0.5) is 20.7 Å². The first-order chi connectivity index (χ1) is 14.5. The first-order valence-electron chi connectivity index (χ1n) is 9.92. The molecule has 1 atom stereocenters. The van der Waals surface area contributed by atoms with Crippen molar-refractivity contribution in [1.82, 2.24) is 10.3 Å². The van der Waals surface area contributed by atoms with E-state index < -0.39 is 17.9 Å². The van der Waals surface area contributed by atoms with Crippen molar-refractivity contribution in [3.63, 3.8) is 0 Å². The zero-order valence-electron chi connectivity index (χ0n) is 17.1. The number of fused-ring (bicyclic) bond motifs is 2. The fraction of sp³-hybridized carbons (Fsp3) is 0.381. The van der Waals surface area contributed by atoms with Gasteiger partial charge in [-0.2, -0.15) is 0 Å². The second-order valence-corrected chi connectivity index (χ2v) is 6.94. The molecule has 2 heterocycles. The molecule has 9 heteroatoms. The Balaban J connectivity index is 1.88. The van der Waals surface area contributed by atoms with Crippen molar-refractivity contribution in [2.75, 3.05) is 32.2 Å². The van der Waals surface area contributed by atoms with Crippen LogP contribution in [0.3, 0.4) is 0 Å². The van der Waals surface area contributed by atoms with Gasteiger partial charge in [-0.25, -0.2) is 14.2 Å². The lowest BCUT2D eigenvalue weighted by Crippen LogP contribution is -2.78. The molecule has 1 aliphatic heterocycles. The van der Waals surface area contributed by atoms with Gasteiger partial charge in [0.1, 0.15) is 11.5 Å². The van der Waals surface area contributed by atoms with Gasteiger partial charge in [0.25, 0.3) is 0 Å². The first kappa shape index (κ1) is 21.7. The summed E-state index contributed by atoms with van der Waals surface area (Å²) in [5.41, 5.74) is 3.01. The minimum atomic E-state index is -0.542. The number of rotatable bonds is 5. The number of nitrogens with zero attached hydrogens (tertiary/aromatic N) is 1. The number of halogens is 1. The summed E-state index contributed by atoms with van der Waals surface area (Å²) in [6.07, 6.45) is 2.66. The lowest BCUT2D eigenvalue weighted by atomic mass is 10.1. The molecule has 0 unspecified atom stereocenters. The number of hydrogen-bond donors (Lipinski definition) is 4. The van der Waals surface area contributed by atoms with E-state index in [1.165, 1.54) is 25.5 Å². The lowest BCUT2D eigenvalue weighted by Gasteiger charge is -2.21. The summed E-state index contributed by atoms with van der Waals surface area (Å²) >= 11 is 0. The zero-order valence-corrected chi connectivity index (χ0v) is 17.1.